The minimum Gasteiger partial charge on any atom is -0.325 e. The largest absolute Gasteiger partial charge is 0.325 e. The second kappa shape index (κ2) is 4.86. The fraction of sp³-hybridized carbons (Fsp3) is 0.133. The van der Waals surface area contributed by atoms with Gasteiger partial charge in [-0.15, -0.1) is 0 Å². The molecule has 0 spiro atoms. The highest BCUT2D eigenvalue weighted by atomic mass is 16.1. The van der Waals surface area contributed by atoms with Gasteiger partial charge in [0.1, 0.15) is 0 Å². The molecule has 0 saturated heterocycles. The van der Waals surface area contributed by atoms with E-state index in [-0.39, 0.29) is 12.1 Å². The average molecular weight is 266 g/mol. The van der Waals surface area contributed by atoms with E-state index in [0.717, 1.165) is 22.2 Å². The second-order valence-corrected chi connectivity index (χ2v) is 4.65. The number of aromatic nitrogens is 3. The van der Waals surface area contributed by atoms with Crippen LogP contribution in [0.25, 0.3) is 21.9 Å². The summed E-state index contributed by atoms with van der Waals surface area (Å²) in [6.07, 6.45) is 1.82. The Morgan fingerprint density at radius 1 is 1.15 bits per heavy atom. The zero-order chi connectivity index (χ0) is 14.1. The van der Waals surface area contributed by atoms with E-state index in [2.05, 4.69) is 15.2 Å². The van der Waals surface area contributed by atoms with Crippen molar-refractivity contribution < 1.29 is 0 Å². The lowest BCUT2D eigenvalue weighted by Gasteiger charge is -2.06. The summed E-state index contributed by atoms with van der Waals surface area (Å²) in [6, 6.07) is 9.60. The minimum absolute atomic E-state index is 0.203. The molecule has 0 bridgehead atoms. The molecule has 5 nitrogen and oxygen atoms in total. The highest BCUT2D eigenvalue weighted by Gasteiger charge is 2.07. The van der Waals surface area contributed by atoms with Crippen LogP contribution in [0.2, 0.25) is 0 Å². The minimum atomic E-state index is -0.203. The van der Waals surface area contributed by atoms with Crippen LogP contribution in [-0.4, -0.2) is 15.2 Å². The van der Waals surface area contributed by atoms with Gasteiger partial charge in [-0.05, 0) is 30.7 Å². The first-order valence-corrected chi connectivity index (χ1v) is 6.33. The molecule has 3 N–H and O–H groups in total. The summed E-state index contributed by atoms with van der Waals surface area (Å²) < 4.78 is 0. The summed E-state index contributed by atoms with van der Waals surface area (Å²) in [5, 5.41) is 7.85. The molecular formula is C15H14N4O. The Hall–Kier alpha value is -2.53. The topological polar surface area (TPSA) is 84.7 Å². The van der Waals surface area contributed by atoms with E-state index in [1.54, 1.807) is 6.07 Å². The number of aromatic amines is 1. The molecular weight excluding hydrogens is 252 g/mol. The molecule has 0 radical (unpaired) electrons. The van der Waals surface area contributed by atoms with Gasteiger partial charge in [-0.3, -0.25) is 9.78 Å². The average Bonchev–Trinajstić information content (AvgIpc) is 2.48. The summed E-state index contributed by atoms with van der Waals surface area (Å²) in [7, 11) is 0. The Morgan fingerprint density at radius 3 is 2.65 bits per heavy atom. The standard InChI is InChI=1S/C15H14N4O/c1-9-2-3-11(8-17-9)10-4-5-12-13(6-10)14(7-16)18-19-15(12)20/h2-6,8H,7,16H2,1H3,(H,19,20). The lowest BCUT2D eigenvalue weighted by atomic mass is 10.0. The molecule has 3 rings (SSSR count). The van der Waals surface area contributed by atoms with Crippen LogP contribution in [0.15, 0.2) is 41.3 Å². The zero-order valence-electron chi connectivity index (χ0n) is 11.1. The van der Waals surface area contributed by atoms with Gasteiger partial charge in [-0.2, -0.15) is 5.10 Å². The molecule has 0 fully saturated rings. The monoisotopic (exact) mass is 266 g/mol. The van der Waals surface area contributed by atoms with Crippen molar-refractivity contribution in [2.75, 3.05) is 0 Å². The van der Waals surface area contributed by atoms with Crippen LogP contribution < -0.4 is 11.3 Å². The van der Waals surface area contributed by atoms with Crippen LogP contribution in [-0.2, 0) is 6.54 Å². The third-order valence-corrected chi connectivity index (χ3v) is 3.31. The van der Waals surface area contributed by atoms with Gasteiger partial charge in [0.15, 0.2) is 0 Å². The molecule has 100 valence electrons. The van der Waals surface area contributed by atoms with E-state index < -0.39 is 0 Å². The van der Waals surface area contributed by atoms with Crippen molar-refractivity contribution in [3.63, 3.8) is 0 Å². The molecule has 20 heavy (non-hydrogen) atoms. The third kappa shape index (κ3) is 2.08. The first-order chi connectivity index (χ1) is 9.69. The molecule has 0 saturated carbocycles. The van der Waals surface area contributed by atoms with E-state index in [1.807, 2.05) is 37.4 Å². The van der Waals surface area contributed by atoms with Crippen molar-refractivity contribution in [3.05, 3.63) is 58.3 Å². The van der Waals surface area contributed by atoms with E-state index in [1.165, 1.54) is 0 Å². The van der Waals surface area contributed by atoms with Crippen molar-refractivity contribution in [2.24, 2.45) is 5.73 Å². The number of nitrogens with one attached hydrogen (secondary N) is 1. The number of aryl methyl sites for hydroxylation is 1. The molecule has 2 aromatic heterocycles. The van der Waals surface area contributed by atoms with Crippen molar-refractivity contribution in [1.29, 1.82) is 0 Å². The summed E-state index contributed by atoms with van der Waals surface area (Å²) >= 11 is 0. The molecule has 5 heteroatoms. The number of hydrogen-bond donors (Lipinski definition) is 2. The van der Waals surface area contributed by atoms with Crippen molar-refractivity contribution in [3.8, 4) is 11.1 Å². The van der Waals surface area contributed by atoms with Gasteiger partial charge in [0, 0.05) is 29.4 Å². The predicted octanol–water partition coefficient (Wildman–Crippen LogP) is 1.75. The lowest BCUT2D eigenvalue weighted by molar-refractivity contribution is 0.900. The molecule has 0 atom stereocenters. The number of benzene rings is 1. The number of pyridine rings is 1. The van der Waals surface area contributed by atoms with E-state index in [9.17, 15) is 4.79 Å². The molecule has 0 amide bonds. The van der Waals surface area contributed by atoms with Gasteiger partial charge in [0.25, 0.3) is 5.56 Å². The summed E-state index contributed by atoms with van der Waals surface area (Å²) in [5.74, 6) is 0. The van der Waals surface area contributed by atoms with Gasteiger partial charge in [0.05, 0.1) is 11.1 Å². The molecule has 0 aliphatic rings. The second-order valence-electron chi connectivity index (χ2n) is 4.65. The Balaban J connectivity index is 2.24. The smallest absolute Gasteiger partial charge is 0.272 e. The maximum Gasteiger partial charge on any atom is 0.272 e. The fourth-order valence-electron chi connectivity index (χ4n) is 2.19. The maximum absolute atomic E-state index is 11.8. The van der Waals surface area contributed by atoms with Crippen LogP contribution in [0.3, 0.4) is 0 Å². The number of nitrogens with two attached hydrogens (primary N) is 1. The van der Waals surface area contributed by atoms with Gasteiger partial charge in [-0.25, -0.2) is 5.10 Å². The highest BCUT2D eigenvalue weighted by Crippen LogP contribution is 2.23. The first kappa shape index (κ1) is 12.5. The number of hydrogen-bond acceptors (Lipinski definition) is 4. The quantitative estimate of drug-likeness (QED) is 0.740. The number of rotatable bonds is 2. The van der Waals surface area contributed by atoms with E-state index in [0.29, 0.717) is 11.1 Å². The number of H-pyrrole nitrogens is 1. The van der Waals surface area contributed by atoms with Gasteiger partial charge in [-0.1, -0.05) is 12.1 Å². The zero-order valence-corrected chi connectivity index (χ0v) is 11.1. The van der Waals surface area contributed by atoms with Crippen LogP contribution in [0.1, 0.15) is 11.4 Å². The summed E-state index contributed by atoms with van der Waals surface area (Å²) in [6.45, 7) is 2.23. The normalized spacial score (nSPS) is 10.9. The molecule has 3 aromatic rings. The van der Waals surface area contributed by atoms with Gasteiger partial charge >= 0.3 is 0 Å². The lowest BCUT2D eigenvalue weighted by Crippen LogP contribution is -2.13. The van der Waals surface area contributed by atoms with E-state index >= 15 is 0 Å². The van der Waals surface area contributed by atoms with Crippen LogP contribution in [0.5, 0.6) is 0 Å². The van der Waals surface area contributed by atoms with Crippen LogP contribution in [0.4, 0.5) is 0 Å². The number of fused-ring (bicyclic) bond motifs is 1. The van der Waals surface area contributed by atoms with Crippen LogP contribution >= 0.6 is 0 Å². The van der Waals surface area contributed by atoms with E-state index in [4.69, 9.17) is 5.73 Å². The SMILES string of the molecule is Cc1ccc(-c2ccc3c(=O)[nH]nc(CN)c3c2)cn1. The fourth-order valence-corrected chi connectivity index (χ4v) is 2.19. The Morgan fingerprint density at radius 2 is 1.95 bits per heavy atom. The summed E-state index contributed by atoms with van der Waals surface area (Å²) in [4.78, 5) is 16.1. The Kier molecular flexibility index (Phi) is 3.04. The molecule has 2 heterocycles. The van der Waals surface area contributed by atoms with Gasteiger partial charge < -0.3 is 5.73 Å². The summed E-state index contributed by atoms with van der Waals surface area (Å²) in [5.41, 5.74) is 9.12. The molecule has 0 aliphatic carbocycles. The molecule has 1 aromatic carbocycles. The predicted molar refractivity (Wildman–Crippen MR) is 78.2 cm³/mol. The van der Waals surface area contributed by atoms with Gasteiger partial charge in [0.2, 0.25) is 0 Å². The molecule has 0 aliphatic heterocycles. The maximum atomic E-state index is 11.8. The molecule has 0 unspecified atom stereocenters. The van der Waals surface area contributed by atoms with Crippen molar-refractivity contribution in [2.45, 2.75) is 13.5 Å². The Labute approximate surface area is 115 Å². The van der Waals surface area contributed by atoms with Crippen LogP contribution in [0, 0.1) is 6.92 Å². The Bertz CT molecular complexity index is 821. The van der Waals surface area contributed by atoms with Crippen molar-refractivity contribution >= 4 is 10.8 Å². The van der Waals surface area contributed by atoms with Crippen molar-refractivity contribution in [1.82, 2.24) is 15.2 Å². The first-order valence-electron chi connectivity index (χ1n) is 6.33. The number of nitrogens with zero attached hydrogens (tertiary/aromatic N) is 2. The third-order valence-electron chi connectivity index (χ3n) is 3.31. The highest BCUT2D eigenvalue weighted by molar-refractivity contribution is 5.88.